The molecule has 1 aromatic carbocycles. The first-order valence-corrected chi connectivity index (χ1v) is 11.0. The van der Waals surface area contributed by atoms with E-state index in [9.17, 15) is 9.59 Å². The highest BCUT2D eigenvalue weighted by Gasteiger charge is 2.33. The summed E-state index contributed by atoms with van der Waals surface area (Å²) in [5, 5.41) is 0.0921. The van der Waals surface area contributed by atoms with Gasteiger partial charge in [-0.3, -0.25) is 9.59 Å². The SMILES string of the molecule is COC(=O)C[C@H]1CC[C@H](c2ccc(N3C(=O)c4c(Cl)ncnc4OC[C@@H]3C)cc2)CC1. The van der Waals surface area contributed by atoms with Gasteiger partial charge in [-0.25, -0.2) is 9.97 Å². The van der Waals surface area contributed by atoms with Crippen LogP contribution in [0.25, 0.3) is 0 Å². The van der Waals surface area contributed by atoms with Crippen LogP contribution in [0.3, 0.4) is 0 Å². The van der Waals surface area contributed by atoms with E-state index in [4.69, 9.17) is 21.1 Å². The summed E-state index contributed by atoms with van der Waals surface area (Å²) >= 11 is 6.18. The van der Waals surface area contributed by atoms with Crippen molar-refractivity contribution in [2.75, 3.05) is 18.6 Å². The van der Waals surface area contributed by atoms with Crippen LogP contribution in [0.1, 0.15) is 60.9 Å². The average molecular weight is 444 g/mol. The molecule has 4 rings (SSSR count). The summed E-state index contributed by atoms with van der Waals surface area (Å²) in [6, 6.07) is 7.96. The zero-order chi connectivity index (χ0) is 22.0. The van der Waals surface area contributed by atoms with Crippen molar-refractivity contribution in [1.82, 2.24) is 9.97 Å². The Kier molecular flexibility index (Phi) is 6.41. The molecule has 1 aliphatic carbocycles. The molecule has 1 amide bonds. The molecular weight excluding hydrogens is 418 g/mol. The first kappa shape index (κ1) is 21.6. The Morgan fingerprint density at radius 2 is 1.90 bits per heavy atom. The highest BCUT2D eigenvalue weighted by Crippen LogP contribution is 2.38. The molecule has 1 aliphatic heterocycles. The molecule has 1 saturated carbocycles. The van der Waals surface area contributed by atoms with Gasteiger partial charge in [0.2, 0.25) is 5.88 Å². The molecule has 0 saturated heterocycles. The second kappa shape index (κ2) is 9.22. The lowest BCUT2D eigenvalue weighted by Crippen LogP contribution is -2.40. The summed E-state index contributed by atoms with van der Waals surface area (Å²) in [4.78, 5) is 34.5. The number of esters is 1. The summed E-state index contributed by atoms with van der Waals surface area (Å²) in [6.45, 7) is 2.25. The van der Waals surface area contributed by atoms with Crippen LogP contribution in [0.4, 0.5) is 5.69 Å². The molecule has 2 aliphatic rings. The van der Waals surface area contributed by atoms with Crippen LogP contribution in [0.2, 0.25) is 5.15 Å². The number of anilines is 1. The lowest BCUT2D eigenvalue weighted by atomic mass is 9.77. The third kappa shape index (κ3) is 4.51. The van der Waals surface area contributed by atoms with E-state index in [0.29, 0.717) is 24.9 Å². The molecule has 1 fully saturated rings. The van der Waals surface area contributed by atoms with Gasteiger partial charge >= 0.3 is 5.97 Å². The number of fused-ring (bicyclic) bond motifs is 1. The summed E-state index contributed by atoms with van der Waals surface area (Å²) < 4.78 is 10.5. The van der Waals surface area contributed by atoms with E-state index < -0.39 is 0 Å². The third-order valence-electron chi connectivity index (χ3n) is 6.27. The molecule has 164 valence electrons. The van der Waals surface area contributed by atoms with E-state index in [2.05, 4.69) is 22.1 Å². The van der Waals surface area contributed by atoms with Gasteiger partial charge in [-0.15, -0.1) is 0 Å². The normalized spacial score (nSPS) is 23.5. The molecule has 1 atom stereocenters. The van der Waals surface area contributed by atoms with Gasteiger partial charge in [0.1, 0.15) is 23.7 Å². The molecule has 31 heavy (non-hydrogen) atoms. The van der Waals surface area contributed by atoms with Gasteiger partial charge < -0.3 is 14.4 Å². The molecular formula is C23H26ClN3O4. The Bertz CT molecular complexity index is 958. The molecule has 2 heterocycles. The molecule has 0 unspecified atom stereocenters. The monoisotopic (exact) mass is 443 g/mol. The van der Waals surface area contributed by atoms with E-state index in [1.165, 1.54) is 19.0 Å². The smallest absolute Gasteiger partial charge is 0.305 e. The number of halogens is 1. The molecule has 0 spiro atoms. The molecule has 7 nitrogen and oxygen atoms in total. The number of nitrogens with zero attached hydrogens (tertiary/aromatic N) is 3. The lowest BCUT2D eigenvalue weighted by Gasteiger charge is -2.29. The Morgan fingerprint density at radius 1 is 1.19 bits per heavy atom. The van der Waals surface area contributed by atoms with Crippen molar-refractivity contribution >= 4 is 29.2 Å². The summed E-state index contributed by atoms with van der Waals surface area (Å²) in [5.41, 5.74) is 2.24. The summed E-state index contributed by atoms with van der Waals surface area (Å²) in [6.07, 6.45) is 5.95. The lowest BCUT2D eigenvalue weighted by molar-refractivity contribution is -0.142. The van der Waals surface area contributed by atoms with Gasteiger partial charge in [0, 0.05) is 12.1 Å². The largest absolute Gasteiger partial charge is 0.475 e. The molecule has 0 radical (unpaired) electrons. The van der Waals surface area contributed by atoms with Crippen molar-refractivity contribution in [3.05, 3.63) is 46.9 Å². The average Bonchev–Trinajstić information content (AvgIpc) is 2.91. The second-order valence-electron chi connectivity index (χ2n) is 8.27. The van der Waals surface area contributed by atoms with E-state index in [0.717, 1.165) is 31.4 Å². The van der Waals surface area contributed by atoms with Crippen LogP contribution in [-0.2, 0) is 9.53 Å². The van der Waals surface area contributed by atoms with E-state index in [1.54, 1.807) is 4.90 Å². The minimum Gasteiger partial charge on any atom is -0.475 e. The van der Waals surface area contributed by atoms with Crippen molar-refractivity contribution in [3.8, 4) is 5.88 Å². The predicted molar refractivity (Wildman–Crippen MR) is 117 cm³/mol. The maximum Gasteiger partial charge on any atom is 0.305 e. The predicted octanol–water partition coefficient (Wildman–Crippen LogP) is 4.39. The Morgan fingerprint density at radius 3 is 2.58 bits per heavy atom. The minimum absolute atomic E-state index is 0.0921. The highest BCUT2D eigenvalue weighted by molar-refractivity contribution is 6.33. The van der Waals surface area contributed by atoms with Gasteiger partial charge in [-0.2, -0.15) is 0 Å². The van der Waals surface area contributed by atoms with Crippen LogP contribution in [0, 0.1) is 5.92 Å². The maximum atomic E-state index is 13.2. The number of carbonyl (C=O) groups is 2. The molecule has 0 bridgehead atoms. The molecule has 2 aromatic rings. The molecule has 8 heteroatoms. The first-order valence-electron chi connectivity index (χ1n) is 10.6. The van der Waals surface area contributed by atoms with Crippen molar-refractivity contribution in [2.24, 2.45) is 5.92 Å². The van der Waals surface area contributed by atoms with Gasteiger partial charge in [0.15, 0.2) is 0 Å². The second-order valence-corrected chi connectivity index (χ2v) is 8.63. The molecule has 0 N–H and O–H groups in total. The number of aromatic nitrogens is 2. The minimum atomic E-state index is -0.262. The fourth-order valence-corrected chi connectivity index (χ4v) is 4.74. The zero-order valence-electron chi connectivity index (χ0n) is 17.7. The highest BCUT2D eigenvalue weighted by atomic mass is 35.5. The van der Waals surface area contributed by atoms with Crippen LogP contribution >= 0.6 is 11.6 Å². The van der Waals surface area contributed by atoms with Crippen molar-refractivity contribution < 1.29 is 19.1 Å². The number of rotatable bonds is 4. The van der Waals surface area contributed by atoms with E-state index in [-0.39, 0.29) is 34.5 Å². The van der Waals surface area contributed by atoms with Gasteiger partial charge in [0.05, 0.1) is 13.2 Å². The van der Waals surface area contributed by atoms with Gasteiger partial charge in [-0.05, 0) is 62.1 Å². The van der Waals surface area contributed by atoms with Crippen molar-refractivity contribution in [1.29, 1.82) is 0 Å². The maximum absolute atomic E-state index is 13.2. The summed E-state index contributed by atoms with van der Waals surface area (Å²) in [7, 11) is 1.44. The number of amides is 1. The third-order valence-corrected chi connectivity index (χ3v) is 6.56. The van der Waals surface area contributed by atoms with Crippen LogP contribution in [-0.4, -0.2) is 41.6 Å². The Balaban J connectivity index is 1.48. The number of carbonyl (C=O) groups excluding carboxylic acids is 2. The number of ether oxygens (including phenoxy) is 2. The Labute approximate surface area is 186 Å². The van der Waals surface area contributed by atoms with Crippen molar-refractivity contribution in [3.63, 3.8) is 0 Å². The fourth-order valence-electron chi connectivity index (χ4n) is 4.53. The van der Waals surface area contributed by atoms with E-state index >= 15 is 0 Å². The number of benzene rings is 1. The topological polar surface area (TPSA) is 81.6 Å². The van der Waals surface area contributed by atoms with Crippen LogP contribution in [0.15, 0.2) is 30.6 Å². The fraction of sp³-hybridized carbons (Fsp3) is 0.478. The molecule has 1 aromatic heterocycles. The van der Waals surface area contributed by atoms with Crippen molar-refractivity contribution in [2.45, 2.75) is 51.0 Å². The first-order chi connectivity index (χ1) is 15.0. The number of hydrogen-bond acceptors (Lipinski definition) is 6. The number of hydrogen-bond donors (Lipinski definition) is 0. The standard InChI is InChI=1S/C23H26ClN3O4/c1-14-12-31-22-20(21(24)25-13-26-22)23(29)27(14)18-9-7-17(8-10-18)16-5-3-15(4-6-16)11-19(28)30-2/h7-10,13-16H,3-6,11-12H2,1-2H3/t14-,15-,16-/m0/s1. The Hall–Kier alpha value is -2.67. The zero-order valence-corrected chi connectivity index (χ0v) is 18.5. The van der Waals surface area contributed by atoms with Gasteiger partial charge in [0.25, 0.3) is 5.91 Å². The van der Waals surface area contributed by atoms with E-state index in [1.807, 2.05) is 19.1 Å². The van der Waals surface area contributed by atoms with Gasteiger partial charge in [-0.1, -0.05) is 23.7 Å². The number of methoxy groups -OCH3 is 1. The van der Waals surface area contributed by atoms with Crippen LogP contribution < -0.4 is 9.64 Å². The quantitative estimate of drug-likeness (QED) is 0.514. The van der Waals surface area contributed by atoms with Crippen LogP contribution in [0.5, 0.6) is 5.88 Å². The summed E-state index contributed by atoms with van der Waals surface area (Å²) in [5.74, 6) is 0.708.